The number of esters is 1. The first-order valence-corrected chi connectivity index (χ1v) is 10.3. The average Bonchev–Trinajstić information content (AvgIpc) is 2.92. The Morgan fingerprint density at radius 1 is 1.20 bits per heavy atom. The van der Waals surface area contributed by atoms with Crippen LogP contribution in [0.5, 0.6) is 0 Å². The van der Waals surface area contributed by atoms with Gasteiger partial charge in [0.1, 0.15) is 0 Å². The van der Waals surface area contributed by atoms with Crippen LogP contribution in [0.15, 0.2) is 11.6 Å². The molecule has 7 atom stereocenters. The van der Waals surface area contributed by atoms with E-state index in [-0.39, 0.29) is 12.1 Å². The molecule has 0 aliphatic heterocycles. The van der Waals surface area contributed by atoms with E-state index in [9.17, 15) is 9.90 Å². The molecule has 3 fully saturated rings. The fraction of sp³-hybridized carbons (Fsp3) is 0.864. The van der Waals surface area contributed by atoms with Crippen LogP contribution in [0.2, 0.25) is 0 Å². The molecule has 4 rings (SSSR count). The third kappa shape index (κ3) is 2.60. The van der Waals surface area contributed by atoms with Crippen LogP contribution in [0.1, 0.15) is 71.6 Å². The Kier molecular flexibility index (Phi) is 4.30. The lowest BCUT2D eigenvalue weighted by molar-refractivity contribution is -0.143. The number of carbonyl (C=O) groups excluding carboxylic acids is 1. The predicted octanol–water partition coefficient (Wildman–Crippen LogP) is 4.49. The van der Waals surface area contributed by atoms with Gasteiger partial charge in [-0.2, -0.15) is 0 Å². The molecule has 0 saturated heterocycles. The molecular weight excluding hydrogens is 312 g/mol. The molecule has 4 aliphatic rings. The number of ether oxygens (including phenoxy) is 1. The molecule has 3 nitrogen and oxygen atoms in total. The quantitative estimate of drug-likeness (QED) is 0.592. The van der Waals surface area contributed by atoms with Crippen molar-refractivity contribution in [3.63, 3.8) is 0 Å². The maximum Gasteiger partial charge on any atom is 0.305 e. The molecule has 0 radical (unpaired) electrons. The van der Waals surface area contributed by atoms with Crippen LogP contribution in [-0.2, 0) is 9.53 Å². The zero-order chi connectivity index (χ0) is 17.8. The normalized spacial score (nSPS) is 48.8. The molecule has 0 unspecified atom stereocenters. The fourth-order valence-electron chi connectivity index (χ4n) is 7.37. The summed E-state index contributed by atoms with van der Waals surface area (Å²) in [4.78, 5) is 11.9. The summed E-state index contributed by atoms with van der Waals surface area (Å²) in [5.41, 5.74) is 2.16. The number of allylic oxidation sites excluding steroid dienone is 1. The molecule has 0 aromatic rings. The van der Waals surface area contributed by atoms with Crippen LogP contribution in [0, 0.1) is 34.5 Å². The molecule has 25 heavy (non-hydrogen) atoms. The Morgan fingerprint density at radius 3 is 2.76 bits per heavy atom. The summed E-state index contributed by atoms with van der Waals surface area (Å²) in [6, 6.07) is 0. The summed E-state index contributed by atoms with van der Waals surface area (Å²) in [5.74, 6) is 2.76. The first-order valence-electron chi connectivity index (χ1n) is 10.3. The van der Waals surface area contributed by atoms with Gasteiger partial charge in [-0.25, -0.2) is 0 Å². The van der Waals surface area contributed by atoms with Crippen molar-refractivity contribution in [3.8, 4) is 0 Å². The summed E-state index contributed by atoms with van der Waals surface area (Å²) < 4.78 is 4.97. The summed E-state index contributed by atoms with van der Waals surface area (Å²) in [6.07, 6.45) is 12.2. The second kappa shape index (κ2) is 6.11. The van der Waals surface area contributed by atoms with Gasteiger partial charge in [-0.05, 0) is 85.9 Å². The Hall–Kier alpha value is -0.830. The molecule has 0 aromatic heterocycles. The number of rotatable bonds is 2. The van der Waals surface area contributed by atoms with Crippen molar-refractivity contribution in [1.29, 1.82) is 0 Å². The smallest absolute Gasteiger partial charge is 0.305 e. The molecule has 3 heteroatoms. The third-order valence-electron chi connectivity index (χ3n) is 8.92. The van der Waals surface area contributed by atoms with Crippen molar-refractivity contribution in [2.75, 3.05) is 7.11 Å². The minimum atomic E-state index is -0.124. The molecule has 4 aliphatic carbocycles. The van der Waals surface area contributed by atoms with Gasteiger partial charge >= 0.3 is 5.97 Å². The number of hydrogen-bond donors (Lipinski definition) is 1. The fourth-order valence-corrected chi connectivity index (χ4v) is 7.37. The summed E-state index contributed by atoms with van der Waals surface area (Å²) in [6.45, 7) is 4.94. The Morgan fingerprint density at radius 2 is 2.00 bits per heavy atom. The SMILES string of the molecule is COC(=O)C[C@H]1CC[C@H]2[C@@H]3CC=C4C[C@@H](O)CC[C@]4(C)[C@H]3CC[C@]12C. The van der Waals surface area contributed by atoms with Gasteiger partial charge in [0.2, 0.25) is 0 Å². The van der Waals surface area contributed by atoms with E-state index in [1.165, 1.54) is 39.2 Å². The number of fused-ring (bicyclic) bond motifs is 5. The molecule has 0 spiro atoms. The number of carbonyl (C=O) groups is 1. The van der Waals surface area contributed by atoms with E-state index in [1.807, 2.05) is 0 Å². The second-order valence-electron chi connectivity index (χ2n) is 9.76. The number of aliphatic hydroxyl groups excluding tert-OH is 1. The van der Waals surface area contributed by atoms with Crippen LogP contribution in [0.25, 0.3) is 0 Å². The minimum Gasteiger partial charge on any atom is -0.469 e. The molecule has 0 heterocycles. The number of hydrogen-bond acceptors (Lipinski definition) is 3. The van der Waals surface area contributed by atoms with Crippen LogP contribution >= 0.6 is 0 Å². The standard InChI is InChI=1S/C22H34O3/c1-21-10-8-16(23)12-14(21)4-6-17-18-7-5-15(13-20(24)25-3)22(18,2)11-9-19(17)21/h4,15-19,23H,5-13H2,1-3H3/t15-,16+,17+,18+,19+,21+,22-/m1/s1. The van der Waals surface area contributed by atoms with Crippen molar-refractivity contribution < 1.29 is 14.6 Å². The van der Waals surface area contributed by atoms with Gasteiger partial charge in [0.05, 0.1) is 13.2 Å². The number of aliphatic hydroxyl groups is 1. The summed E-state index contributed by atoms with van der Waals surface area (Å²) in [7, 11) is 1.51. The van der Waals surface area contributed by atoms with E-state index in [2.05, 4.69) is 19.9 Å². The highest BCUT2D eigenvalue weighted by Crippen LogP contribution is 2.66. The summed E-state index contributed by atoms with van der Waals surface area (Å²) in [5, 5.41) is 10.1. The zero-order valence-electron chi connectivity index (χ0n) is 16.1. The van der Waals surface area contributed by atoms with Gasteiger partial charge in [-0.1, -0.05) is 25.5 Å². The lowest BCUT2D eigenvalue weighted by Gasteiger charge is -2.58. The average molecular weight is 347 g/mol. The van der Waals surface area contributed by atoms with E-state index >= 15 is 0 Å². The first-order chi connectivity index (χ1) is 11.9. The monoisotopic (exact) mass is 346 g/mol. The Balaban J connectivity index is 1.59. The molecule has 0 amide bonds. The van der Waals surface area contributed by atoms with Crippen LogP contribution in [0.3, 0.4) is 0 Å². The third-order valence-corrected chi connectivity index (χ3v) is 8.92. The zero-order valence-corrected chi connectivity index (χ0v) is 16.1. The molecule has 3 saturated carbocycles. The maximum absolute atomic E-state index is 11.9. The maximum atomic E-state index is 11.9. The topological polar surface area (TPSA) is 46.5 Å². The summed E-state index contributed by atoms with van der Waals surface area (Å²) >= 11 is 0. The van der Waals surface area contributed by atoms with E-state index in [0.717, 1.165) is 37.0 Å². The van der Waals surface area contributed by atoms with E-state index in [0.29, 0.717) is 23.2 Å². The van der Waals surface area contributed by atoms with Gasteiger partial charge in [0, 0.05) is 6.42 Å². The Bertz CT molecular complexity index is 582. The van der Waals surface area contributed by atoms with Crippen LogP contribution in [0.4, 0.5) is 0 Å². The van der Waals surface area contributed by atoms with Crippen LogP contribution < -0.4 is 0 Å². The minimum absolute atomic E-state index is 0.0342. The van der Waals surface area contributed by atoms with Crippen molar-refractivity contribution in [3.05, 3.63) is 11.6 Å². The van der Waals surface area contributed by atoms with Gasteiger partial charge in [-0.15, -0.1) is 0 Å². The molecule has 0 aromatic carbocycles. The molecular formula is C22H34O3. The lowest BCUT2D eigenvalue weighted by atomic mass is 9.47. The van der Waals surface area contributed by atoms with Crippen molar-refractivity contribution in [1.82, 2.24) is 0 Å². The van der Waals surface area contributed by atoms with Gasteiger partial charge < -0.3 is 9.84 Å². The van der Waals surface area contributed by atoms with Gasteiger partial charge in [0.25, 0.3) is 0 Å². The first kappa shape index (κ1) is 17.6. The van der Waals surface area contributed by atoms with E-state index in [1.54, 1.807) is 5.57 Å². The number of methoxy groups -OCH3 is 1. The predicted molar refractivity (Wildman–Crippen MR) is 97.8 cm³/mol. The largest absolute Gasteiger partial charge is 0.469 e. The van der Waals surface area contributed by atoms with Crippen LogP contribution in [-0.4, -0.2) is 24.3 Å². The molecule has 140 valence electrons. The molecule has 1 N–H and O–H groups in total. The van der Waals surface area contributed by atoms with Crippen molar-refractivity contribution in [2.24, 2.45) is 34.5 Å². The lowest BCUT2D eigenvalue weighted by Crippen LogP contribution is -2.50. The highest BCUT2D eigenvalue weighted by molar-refractivity contribution is 5.69. The van der Waals surface area contributed by atoms with Gasteiger partial charge in [0.15, 0.2) is 0 Å². The van der Waals surface area contributed by atoms with E-state index < -0.39 is 0 Å². The van der Waals surface area contributed by atoms with E-state index in [4.69, 9.17) is 4.74 Å². The van der Waals surface area contributed by atoms with Crippen molar-refractivity contribution in [2.45, 2.75) is 77.7 Å². The highest BCUT2D eigenvalue weighted by atomic mass is 16.5. The second-order valence-corrected chi connectivity index (χ2v) is 9.76. The molecule has 0 bridgehead atoms. The highest BCUT2D eigenvalue weighted by Gasteiger charge is 2.58. The van der Waals surface area contributed by atoms with Crippen molar-refractivity contribution >= 4 is 5.97 Å². The Labute approximate surface area is 152 Å². The van der Waals surface area contributed by atoms with Gasteiger partial charge in [-0.3, -0.25) is 4.79 Å².